The number of hydrogen-bond acceptors (Lipinski definition) is 2. The summed E-state index contributed by atoms with van der Waals surface area (Å²) in [4.78, 5) is 16.0. The Kier molecular flexibility index (Phi) is 3.22. The summed E-state index contributed by atoms with van der Waals surface area (Å²) in [6.45, 7) is 2.02. The van der Waals surface area contributed by atoms with Gasteiger partial charge in [0.1, 0.15) is 5.69 Å². The molecule has 3 heteroatoms. The molecule has 1 aliphatic rings. The molecule has 2 rings (SSSR count). The Balaban J connectivity index is 2.31. The number of hydrogen-bond donors (Lipinski definition) is 1. The second-order valence-corrected chi connectivity index (χ2v) is 4.52. The third kappa shape index (κ3) is 2.23. The quantitative estimate of drug-likeness (QED) is 0.828. The molecule has 3 nitrogen and oxygen atoms in total. The van der Waals surface area contributed by atoms with Crippen molar-refractivity contribution in [3.8, 4) is 0 Å². The first-order chi connectivity index (χ1) is 7.70. The summed E-state index contributed by atoms with van der Waals surface area (Å²) in [5.74, 6) is 0.464. The highest BCUT2D eigenvalue weighted by Gasteiger charge is 2.19. The van der Waals surface area contributed by atoms with Gasteiger partial charge >= 0.3 is 0 Å². The molecule has 0 spiro atoms. The van der Waals surface area contributed by atoms with Crippen molar-refractivity contribution in [1.29, 1.82) is 0 Å². The monoisotopic (exact) mass is 218 g/mol. The van der Waals surface area contributed by atoms with E-state index in [1.165, 1.54) is 25.7 Å². The van der Waals surface area contributed by atoms with Gasteiger partial charge in [-0.15, -0.1) is 0 Å². The third-order valence-electron chi connectivity index (χ3n) is 3.22. The summed E-state index contributed by atoms with van der Waals surface area (Å²) >= 11 is 0. The van der Waals surface area contributed by atoms with Gasteiger partial charge in [-0.1, -0.05) is 12.8 Å². The Morgan fingerprint density at radius 2 is 2.06 bits per heavy atom. The molecule has 1 fully saturated rings. The number of amides is 1. The molecule has 16 heavy (non-hydrogen) atoms. The second kappa shape index (κ2) is 4.64. The first kappa shape index (κ1) is 11.1. The molecule has 1 amide bonds. The number of carbonyl (C=O) groups excluding carboxylic acids is 1. The lowest BCUT2D eigenvalue weighted by atomic mass is 10.0. The van der Waals surface area contributed by atoms with Crippen LogP contribution in [0.4, 0.5) is 0 Å². The Morgan fingerprint density at radius 3 is 2.69 bits per heavy atom. The van der Waals surface area contributed by atoms with Crippen LogP contribution in [0.25, 0.3) is 0 Å². The van der Waals surface area contributed by atoms with E-state index in [2.05, 4.69) is 16.4 Å². The number of pyridine rings is 1. The molecule has 0 unspecified atom stereocenters. The number of carbonyl (C=O) groups is 1. The smallest absolute Gasteiger partial charge is 0.269 e. The lowest BCUT2D eigenvalue weighted by Gasteiger charge is -2.11. The Bertz CT molecular complexity index is 395. The topological polar surface area (TPSA) is 42.0 Å². The van der Waals surface area contributed by atoms with Crippen LogP contribution >= 0.6 is 0 Å². The molecule has 0 saturated heterocycles. The summed E-state index contributed by atoms with van der Waals surface area (Å²) < 4.78 is 0. The second-order valence-electron chi connectivity index (χ2n) is 4.52. The van der Waals surface area contributed by atoms with Gasteiger partial charge in [0.2, 0.25) is 0 Å². The van der Waals surface area contributed by atoms with Crippen molar-refractivity contribution >= 4 is 5.91 Å². The van der Waals surface area contributed by atoms with E-state index in [1.54, 1.807) is 7.05 Å². The van der Waals surface area contributed by atoms with Gasteiger partial charge in [-0.3, -0.25) is 4.79 Å². The molecule has 1 heterocycles. The summed E-state index contributed by atoms with van der Waals surface area (Å²) in [6, 6.07) is 3.96. The summed E-state index contributed by atoms with van der Waals surface area (Å²) in [7, 11) is 1.64. The highest BCUT2D eigenvalue weighted by atomic mass is 16.1. The molecule has 0 bridgehead atoms. The van der Waals surface area contributed by atoms with Crippen molar-refractivity contribution < 1.29 is 4.79 Å². The molecule has 86 valence electrons. The lowest BCUT2D eigenvalue weighted by Crippen LogP contribution is -2.20. The predicted octanol–water partition coefficient (Wildman–Crippen LogP) is 2.41. The van der Waals surface area contributed by atoms with Crippen molar-refractivity contribution in [2.75, 3.05) is 7.05 Å². The zero-order chi connectivity index (χ0) is 11.5. The van der Waals surface area contributed by atoms with Gasteiger partial charge in [0, 0.05) is 18.7 Å². The van der Waals surface area contributed by atoms with Crippen molar-refractivity contribution in [3.63, 3.8) is 0 Å². The molecule has 0 atom stereocenters. The molecule has 0 aromatic carbocycles. The number of nitrogens with one attached hydrogen (secondary N) is 1. The standard InChI is InChI=1S/C13H18N2O/c1-9-7-11(10-5-3-4-6-10)15-12(8-9)13(16)14-2/h7-8,10H,3-6H2,1-2H3,(H,14,16). The van der Waals surface area contributed by atoms with E-state index in [4.69, 9.17) is 0 Å². The van der Waals surface area contributed by atoms with E-state index in [0.717, 1.165) is 11.3 Å². The van der Waals surface area contributed by atoms with E-state index in [0.29, 0.717) is 11.6 Å². The molecule has 0 radical (unpaired) electrons. The first-order valence-electron chi connectivity index (χ1n) is 5.91. The van der Waals surface area contributed by atoms with Gasteiger partial charge in [-0.25, -0.2) is 4.98 Å². The van der Waals surface area contributed by atoms with Crippen LogP contribution < -0.4 is 5.32 Å². The van der Waals surface area contributed by atoms with Crippen LogP contribution in [-0.4, -0.2) is 17.9 Å². The summed E-state index contributed by atoms with van der Waals surface area (Å²) in [6.07, 6.45) is 5.00. The number of aryl methyl sites for hydroxylation is 1. The largest absolute Gasteiger partial charge is 0.354 e. The summed E-state index contributed by atoms with van der Waals surface area (Å²) in [5, 5.41) is 2.62. The Labute approximate surface area is 96.3 Å². The molecule has 1 N–H and O–H groups in total. The molecule has 1 aromatic heterocycles. The average molecular weight is 218 g/mol. The Hall–Kier alpha value is -1.38. The van der Waals surface area contributed by atoms with Crippen LogP contribution in [0.3, 0.4) is 0 Å². The van der Waals surface area contributed by atoms with Gasteiger partial charge in [0.15, 0.2) is 0 Å². The lowest BCUT2D eigenvalue weighted by molar-refractivity contribution is 0.0957. The van der Waals surface area contributed by atoms with Crippen LogP contribution in [0.5, 0.6) is 0 Å². The molecule has 0 aliphatic heterocycles. The number of rotatable bonds is 2. The predicted molar refractivity (Wildman–Crippen MR) is 63.6 cm³/mol. The van der Waals surface area contributed by atoms with E-state index < -0.39 is 0 Å². The maximum absolute atomic E-state index is 11.6. The van der Waals surface area contributed by atoms with Crippen molar-refractivity contribution in [1.82, 2.24) is 10.3 Å². The van der Waals surface area contributed by atoms with Crippen LogP contribution in [0, 0.1) is 6.92 Å². The third-order valence-corrected chi connectivity index (χ3v) is 3.22. The normalized spacial score (nSPS) is 16.4. The van der Waals surface area contributed by atoms with Gasteiger partial charge in [-0.2, -0.15) is 0 Å². The number of nitrogens with zero attached hydrogens (tertiary/aromatic N) is 1. The van der Waals surface area contributed by atoms with E-state index in [1.807, 2.05) is 13.0 Å². The fraction of sp³-hybridized carbons (Fsp3) is 0.538. The minimum atomic E-state index is -0.0945. The minimum absolute atomic E-state index is 0.0945. The van der Waals surface area contributed by atoms with E-state index >= 15 is 0 Å². The van der Waals surface area contributed by atoms with E-state index in [-0.39, 0.29) is 5.91 Å². The fourth-order valence-corrected chi connectivity index (χ4v) is 2.37. The summed E-state index contributed by atoms with van der Waals surface area (Å²) in [5.41, 5.74) is 2.76. The molecule has 1 aromatic rings. The zero-order valence-corrected chi connectivity index (χ0v) is 9.92. The Morgan fingerprint density at radius 1 is 1.38 bits per heavy atom. The van der Waals surface area contributed by atoms with Crippen LogP contribution in [0.15, 0.2) is 12.1 Å². The van der Waals surface area contributed by atoms with Crippen LogP contribution in [0.2, 0.25) is 0 Å². The highest BCUT2D eigenvalue weighted by Crippen LogP contribution is 2.33. The maximum atomic E-state index is 11.6. The van der Waals surface area contributed by atoms with Gasteiger partial charge in [0.25, 0.3) is 5.91 Å². The molecular weight excluding hydrogens is 200 g/mol. The number of aromatic nitrogens is 1. The molecule has 1 saturated carbocycles. The van der Waals surface area contributed by atoms with Gasteiger partial charge in [-0.05, 0) is 37.5 Å². The van der Waals surface area contributed by atoms with Gasteiger partial charge < -0.3 is 5.32 Å². The average Bonchev–Trinajstić information content (AvgIpc) is 2.80. The highest BCUT2D eigenvalue weighted by molar-refractivity contribution is 5.92. The fourth-order valence-electron chi connectivity index (χ4n) is 2.37. The van der Waals surface area contributed by atoms with Gasteiger partial charge in [0.05, 0.1) is 0 Å². The zero-order valence-electron chi connectivity index (χ0n) is 9.92. The maximum Gasteiger partial charge on any atom is 0.269 e. The van der Waals surface area contributed by atoms with Crippen molar-refractivity contribution in [2.45, 2.75) is 38.5 Å². The molecule has 1 aliphatic carbocycles. The van der Waals surface area contributed by atoms with Crippen LogP contribution in [-0.2, 0) is 0 Å². The van der Waals surface area contributed by atoms with Crippen molar-refractivity contribution in [2.24, 2.45) is 0 Å². The van der Waals surface area contributed by atoms with E-state index in [9.17, 15) is 4.79 Å². The SMILES string of the molecule is CNC(=O)c1cc(C)cc(C2CCCC2)n1. The molecular formula is C13H18N2O. The van der Waals surface area contributed by atoms with Crippen molar-refractivity contribution in [3.05, 3.63) is 29.1 Å². The minimum Gasteiger partial charge on any atom is -0.354 e. The first-order valence-corrected chi connectivity index (χ1v) is 5.91. The van der Waals surface area contributed by atoms with Crippen LogP contribution in [0.1, 0.15) is 53.3 Å².